The molecular weight excluding hydrogens is 422 g/mol. The molecular formula is C28H37N5O. The van der Waals surface area contributed by atoms with Crippen molar-refractivity contribution in [2.75, 3.05) is 33.0 Å². The molecule has 0 bridgehead atoms. The van der Waals surface area contributed by atoms with Crippen LogP contribution in [0.15, 0.2) is 72.5 Å². The summed E-state index contributed by atoms with van der Waals surface area (Å²) in [4.78, 5) is 15.7. The van der Waals surface area contributed by atoms with Crippen molar-refractivity contribution in [1.82, 2.24) is 14.9 Å². The minimum Gasteiger partial charge on any atom is -0.390 e. The van der Waals surface area contributed by atoms with Gasteiger partial charge in [-0.05, 0) is 44.4 Å². The molecule has 180 valence electrons. The summed E-state index contributed by atoms with van der Waals surface area (Å²) in [5.74, 6) is 1.28. The molecule has 0 fully saturated rings. The maximum atomic E-state index is 10.1. The summed E-state index contributed by atoms with van der Waals surface area (Å²) in [6.07, 6.45) is 9.97. The number of anilines is 1. The van der Waals surface area contributed by atoms with Crippen LogP contribution in [-0.2, 0) is 0 Å². The number of allylic oxidation sites excluding steroid dienone is 5. The van der Waals surface area contributed by atoms with Gasteiger partial charge in [0.2, 0.25) is 0 Å². The van der Waals surface area contributed by atoms with E-state index in [-0.39, 0.29) is 0 Å². The average Bonchev–Trinajstić information content (AvgIpc) is 2.76. The average molecular weight is 460 g/mol. The second kappa shape index (κ2) is 12.1. The van der Waals surface area contributed by atoms with Crippen molar-refractivity contribution in [3.8, 4) is 11.4 Å². The van der Waals surface area contributed by atoms with Crippen LogP contribution >= 0.6 is 0 Å². The molecule has 0 amide bonds. The summed E-state index contributed by atoms with van der Waals surface area (Å²) in [5.41, 5.74) is 4.75. The lowest BCUT2D eigenvalue weighted by Gasteiger charge is -2.19. The van der Waals surface area contributed by atoms with Crippen LogP contribution in [0.1, 0.15) is 38.3 Å². The number of benzene rings is 1. The zero-order chi connectivity index (χ0) is 25.3. The van der Waals surface area contributed by atoms with E-state index in [1.165, 1.54) is 0 Å². The lowest BCUT2D eigenvalue weighted by molar-refractivity contribution is 0.0748. The van der Waals surface area contributed by atoms with Gasteiger partial charge in [0.15, 0.2) is 5.82 Å². The molecule has 0 aliphatic carbocycles. The van der Waals surface area contributed by atoms with E-state index >= 15 is 0 Å². The van der Waals surface area contributed by atoms with E-state index in [0.717, 1.165) is 33.4 Å². The van der Waals surface area contributed by atoms with Crippen molar-refractivity contribution in [3.63, 3.8) is 0 Å². The van der Waals surface area contributed by atoms with Crippen molar-refractivity contribution < 1.29 is 5.11 Å². The Kier molecular flexibility index (Phi) is 9.51. The van der Waals surface area contributed by atoms with E-state index in [2.05, 4.69) is 34.5 Å². The third-order valence-electron chi connectivity index (χ3n) is 4.87. The van der Waals surface area contributed by atoms with E-state index in [1.807, 2.05) is 68.7 Å². The Hall–Kier alpha value is -3.51. The molecule has 34 heavy (non-hydrogen) atoms. The molecule has 0 aliphatic rings. The molecule has 0 aliphatic heterocycles. The molecule has 0 spiro atoms. The zero-order valence-electron chi connectivity index (χ0n) is 21.3. The van der Waals surface area contributed by atoms with Gasteiger partial charge in [0.25, 0.3) is 0 Å². The van der Waals surface area contributed by atoms with Crippen molar-refractivity contribution >= 4 is 23.2 Å². The molecule has 6 nitrogen and oxygen atoms in total. The Morgan fingerprint density at radius 3 is 2.59 bits per heavy atom. The first-order valence-electron chi connectivity index (χ1n) is 11.3. The fraction of sp³-hybridized carbons (Fsp3) is 0.321. The molecule has 1 aromatic heterocycles. The van der Waals surface area contributed by atoms with Crippen LogP contribution < -0.4 is 5.32 Å². The van der Waals surface area contributed by atoms with Crippen molar-refractivity contribution in [1.29, 1.82) is 0 Å². The lowest BCUT2D eigenvalue weighted by atomic mass is 10.0. The molecule has 2 rings (SSSR count). The Morgan fingerprint density at radius 2 is 2.00 bits per heavy atom. The highest BCUT2D eigenvalue weighted by Gasteiger charge is 2.15. The van der Waals surface area contributed by atoms with Crippen molar-refractivity contribution in [3.05, 3.63) is 78.7 Å². The number of hydrogen-bond acceptors (Lipinski definition) is 6. The predicted molar refractivity (Wildman–Crippen MR) is 146 cm³/mol. The number of aliphatic imine (C=N–C) groups is 1. The largest absolute Gasteiger partial charge is 0.390 e. The molecule has 2 aromatic rings. The Bertz CT molecular complexity index is 1100. The number of hydrogen-bond donors (Lipinski definition) is 2. The van der Waals surface area contributed by atoms with Crippen LogP contribution in [0.5, 0.6) is 0 Å². The molecule has 0 unspecified atom stereocenters. The number of nitrogens with zero attached hydrogens (tertiary/aromatic N) is 4. The van der Waals surface area contributed by atoms with Crippen LogP contribution in [0.4, 0.5) is 5.82 Å². The van der Waals surface area contributed by atoms with Crippen molar-refractivity contribution in [2.45, 2.75) is 32.8 Å². The molecule has 0 saturated carbocycles. The monoisotopic (exact) mass is 459 g/mol. The topological polar surface area (TPSA) is 73.6 Å². The Balaban J connectivity index is 2.57. The van der Waals surface area contributed by atoms with Gasteiger partial charge in [0, 0.05) is 63.0 Å². The van der Waals surface area contributed by atoms with Gasteiger partial charge in [-0.3, -0.25) is 4.99 Å². The zero-order valence-corrected chi connectivity index (χ0v) is 21.3. The molecule has 1 aromatic carbocycles. The molecule has 0 saturated heterocycles. The number of rotatable bonds is 11. The Labute approximate surface area is 204 Å². The van der Waals surface area contributed by atoms with Gasteiger partial charge in [0.1, 0.15) is 5.82 Å². The third-order valence-corrected chi connectivity index (χ3v) is 4.87. The van der Waals surface area contributed by atoms with Crippen LogP contribution in [-0.4, -0.2) is 59.5 Å². The number of aromatic nitrogens is 2. The minimum absolute atomic E-state index is 0.558. The fourth-order valence-corrected chi connectivity index (χ4v) is 3.30. The van der Waals surface area contributed by atoms with E-state index in [1.54, 1.807) is 27.1 Å². The quantitative estimate of drug-likeness (QED) is 0.345. The van der Waals surface area contributed by atoms with Crippen LogP contribution in [0.2, 0.25) is 0 Å². The van der Waals surface area contributed by atoms with Gasteiger partial charge < -0.3 is 15.3 Å². The van der Waals surface area contributed by atoms with Gasteiger partial charge >= 0.3 is 0 Å². The standard InChI is InChI=1S/C28H37N5O/c1-9-21(19-33(7)8)22-11-10-12-23(16-22)26-31-18-25(24(17-29-6)15-20(2)3)27(32-26)30-14-13-28(4,5)34/h9-12,15-19,34H,1-2,13-14H2,3-8H3,(H,30,31,32)/b21-19+,24-15+,29-17-. The van der Waals surface area contributed by atoms with Crippen LogP contribution in [0.3, 0.4) is 0 Å². The normalized spacial score (nSPS) is 12.7. The van der Waals surface area contributed by atoms with Gasteiger partial charge in [-0.15, -0.1) is 0 Å². The minimum atomic E-state index is -0.779. The number of nitrogens with one attached hydrogen (secondary N) is 1. The van der Waals surface area contributed by atoms with E-state index in [4.69, 9.17) is 4.98 Å². The maximum Gasteiger partial charge on any atom is 0.161 e. The first-order chi connectivity index (χ1) is 16.0. The molecule has 0 atom stereocenters. The van der Waals surface area contributed by atoms with Crippen LogP contribution in [0.25, 0.3) is 22.5 Å². The summed E-state index contributed by atoms with van der Waals surface area (Å²) in [5, 5.41) is 13.5. The first kappa shape index (κ1) is 26.7. The van der Waals surface area contributed by atoms with Gasteiger partial charge in [0.05, 0.1) is 5.60 Å². The molecule has 2 N–H and O–H groups in total. The molecule has 0 radical (unpaired) electrons. The fourth-order valence-electron chi connectivity index (χ4n) is 3.30. The molecule has 1 heterocycles. The highest BCUT2D eigenvalue weighted by molar-refractivity contribution is 6.12. The third kappa shape index (κ3) is 8.12. The summed E-state index contributed by atoms with van der Waals surface area (Å²) >= 11 is 0. The summed E-state index contributed by atoms with van der Waals surface area (Å²) in [6, 6.07) is 8.09. The van der Waals surface area contributed by atoms with Crippen molar-refractivity contribution in [2.24, 2.45) is 4.99 Å². The summed E-state index contributed by atoms with van der Waals surface area (Å²) in [6.45, 7) is 14.0. The second-order valence-electron chi connectivity index (χ2n) is 9.11. The van der Waals surface area contributed by atoms with Gasteiger partial charge in [-0.2, -0.15) is 0 Å². The Morgan fingerprint density at radius 1 is 1.26 bits per heavy atom. The SMILES string of the molecule is C=C/C(=C\N(C)C)c1cccc(-c2ncc(C(/C=N\C)=C/C(=C)C)c(NCCC(C)(C)O)n2)c1. The smallest absolute Gasteiger partial charge is 0.161 e. The van der Waals surface area contributed by atoms with E-state index in [0.29, 0.717) is 24.6 Å². The lowest BCUT2D eigenvalue weighted by Crippen LogP contribution is -2.23. The summed E-state index contributed by atoms with van der Waals surface area (Å²) in [7, 11) is 5.69. The highest BCUT2D eigenvalue weighted by Crippen LogP contribution is 2.27. The summed E-state index contributed by atoms with van der Waals surface area (Å²) < 4.78 is 0. The second-order valence-corrected chi connectivity index (χ2v) is 9.11. The highest BCUT2D eigenvalue weighted by atomic mass is 16.3. The predicted octanol–water partition coefficient (Wildman–Crippen LogP) is 5.47. The van der Waals surface area contributed by atoms with E-state index < -0.39 is 5.60 Å². The maximum absolute atomic E-state index is 10.1. The first-order valence-corrected chi connectivity index (χ1v) is 11.3. The van der Waals surface area contributed by atoms with Gasteiger partial charge in [-0.25, -0.2) is 9.97 Å². The van der Waals surface area contributed by atoms with E-state index in [9.17, 15) is 5.11 Å². The van der Waals surface area contributed by atoms with Gasteiger partial charge in [-0.1, -0.05) is 49.1 Å². The molecule has 6 heteroatoms. The number of aliphatic hydroxyl groups is 1. The van der Waals surface area contributed by atoms with Crippen LogP contribution in [0, 0.1) is 0 Å².